The van der Waals surface area contributed by atoms with Crippen LogP contribution in [0.3, 0.4) is 0 Å². The van der Waals surface area contributed by atoms with E-state index in [2.05, 4.69) is 14.9 Å². The summed E-state index contributed by atoms with van der Waals surface area (Å²) in [6, 6.07) is 11.6. The molecule has 0 bridgehead atoms. The number of halogens is 2. The molecule has 2 amide bonds. The summed E-state index contributed by atoms with van der Waals surface area (Å²) < 4.78 is 13.5. The summed E-state index contributed by atoms with van der Waals surface area (Å²) in [6.07, 6.45) is 3.28. The molecule has 0 radical (unpaired) electrons. The Kier molecular flexibility index (Phi) is 7.58. The highest BCUT2D eigenvalue weighted by Crippen LogP contribution is 2.37. The van der Waals surface area contributed by atoms with Crippen LogP contribution in [0.4, 0.5) is 10.2 Å². The first-order valence-electron chi connectivity index (χ1n) is 13.3. The minimum atomic E-state index is -0.484. The molecule has 7 nitrogen and oxygen atoms in total. The van der Waals surface area contributed by atoms with Crippen LogP contribution >= 0.6 is 11.6 Å². The van der Waals surface area contributed by atoms with Crippen LogP contribution in [0, 0.1) is 19.7 Å². The summed E-state index contributed by atoms with van der Waals surface area (Å²) in [4.78, 5) is 41.5. The highest BCUT2D eigenvalue weighted by atomic mass is 35.5. The third-order valence-corrected chi connectivity index (χ3v) is 8.31. The molecule has 1 atom stereocenters. The van der Waals surface area contributed by atoms with Crippen molar-refractivity contribution in [1.29, 1.82) is 0 Å². The van der Waals surface area contributed by atoms with Gasteiger partial charge in [0.15, 0.2) is 0 Å². The first-order valence-corrected chi connectivity index (χ1v) is 13.7. The fourth-order valence-corrected chi connectivity index (χ4v) is 6.07. The van der Waals surface area contributed by atoms with Crippen molar-refractivity contribution in [2.45, 2.75) is 51.6 Å². The van der Waals surface area contributed by atoms with Crippen molar-refractivity contribution in [3.05, 3.63) is 87.1 Å². The fourth-order valence-electron chi connectivity index (χ4n) is 5.82. The zero-order valence-corrected chi connectivity index (χ0v) is 23.5. The Morgan fingerprint density at radius 3 is 2.38 bits per heavy atom. The Hall–Kier alpha value is -3.52. The van der Waals surface area contributed by atoms with Gasteiger partial charge in [-0.05, 0) is 81.0 Å². The third kappa shape index (κ3) is 5.48. The Labute approximate surface area is 233 Å². The molecule has 1 aromatic heterocycles. The minimum absolute atomic E-state index is 0.0221. The Morgan fingerprint density at radius 1 is 0.949 bits per heavy atom. The van der Waals surface area contributed by atoms with Crippen LogP contribution in [0.15, 0.2) is 42.5 Å². The van der Waals surface area contributed by atoms with E-state index in [1.54, 1.807) is 11.9 Å². The molecule has 204 valence electrons. The standard InChI is InChI=1S/C30H33ClFN5O2/c1-18-15-28(34-19(2)33-18)37-13-11-23(12-14-37)35(3)29(38)21-6-5-20-7-10-27(25(20)16-21)36(4)30(39)24-9-8-22(32)17-26(24)31/h5-6,8-9,15-17,23,27H,7,10-14H2,1-4H3/t27-/m1/s1. The van der Waals surface area contributed by atoms with Crippen LogP contribution in [0.2, 0.25) is 5.02 Å². The second-order valence-electron chi connectivity index (χ2n) is 10.6. The normalized spacial score (nSPS) is 17.2. The van der Waals surface area contributed by atoms with Crippen molar-refractivity contribution in [1.82, 2.24) is 19.8 Å². The summed E-state index contributed by atoms with van der Waals surface area (Å²) in [5.74, 6) is 0.932. The van der Waals surface area contributed by atoms with E-state index >= 15 is 0 Å². The lowest BCUT2D eigenvalue weighted by molar-refractivity contribution is 0.0709. The van der Waals surface area contributed by atoms with Crippen LogP contribution in [0.25, 0.3) is 0 Å². The number of carbonyl (C=O) groups excluding carboxylic acids is 2. The number of hydrogen-bond acceptors (Lipinski definition) is 5. The van der Waals surface area contributed by atoms with Crippen LogP contribution in [-0.2, 0) is 6.42 Å². The van der Waals surface area contributed by atoms with Gasteiger partial charge in [-0.1, -0.05) is 17.7 Å². The van der Waals surface area contributed by atoms with Gasteiger partial charge in [0.05, 0.1) is 16.6 Å². The molecule has 0 unspecified atom stereocenters. The Bertz CT molecular complexity index is 1400. The quantitative estimate of drug-likeness (QED) is 0.427. The number of benzene rings is 2. The molecular weight excluding hydrogens is 517 g/mol. The smallest absolute Gasteiger partial charge is 0.255 e. The maximum atomic E-state index is 13.6. The molecule has 1 aliphatic carbocycles. The van der Waals surface area contributed by atoms with Crippen molar-refractivity contribution in [3.8, 4) is 0 Å². The van der Waals surface area contributed by atoms with Crippen LogP contribution in [0.1, 0.15) is 68.7 Å². The van der Waals surface area contributed by atoms with Gasteiger partial charge >= 0.3 is 0 Å². The largest absolute Gasteiger partial charge is 0.356 e. The lowest BCUT2D eigenvalue weighted by atomic mass is 10.00. The average Bonchev–Trinajstić information content (AvgIpc) is 3.34. The molecule has 1 fully saturated rings. The van der Waals surface area contributed by atoms with E-state index in [1.807, 2.05) is 50.1 Å². The molecule has 2 aromatic carbocycles. The predicted octanol–water partition coefficient (Wildman–Crippen LogP) is 5.39. The second kappa shape index (κ2) is 10.9. The molecule has 0 saturated carbocycles. The second-order valence-corrected chi connectivity index (χ2v) is 11.0. The van der Waals surface area contributed by atoms with Gasteiger partial charge in [-0.15, -0.1) is 0 Å². The van der Waals surface area contributed by atoms with E-state index in [4.69, 9.17) is 11.6 Å². The van der Waals surface area contributed by atoms with E-state index in [1.165, 1.54) is 12.1 Å². The van der Waals surface area contributed by atoms with Crippen LogP contribution < -0.4 is 4.90 Å². The van der Waals surface area contributed by atoms with Crippen molar-refractivity contribution in [2.75, 3.05) is 32.1 Å². The zero-order valence-electron chi connectivity index (χ0n) is 22.7. The van der Waals surface area contributed by atoms with Crippen LogP contribution in [-0.4, -0.2) is 64.8 Å². The van der Waals surface area contributed by atoms with Gasteiger partial charge in [0.25, 0.3) is 11.8 Å². The van der Waals surface area contributed by atoms with Crippen molar-refractivity contribution < 1.29 is 14.0 Å². The van der Waals surface area contributed by atoms with E-state index in [9.17, 15) is 14.0 Å². The number of nitrogens with zero attached hydrogens (tertiary/aromatic N) is 5. The SMILES string of the molecule is Cc1cc(N2CCC(N(C)C(=O)c3ccc4c(c3)[C@H](N(C)C(=O)c3ccc(F)cc3Cl)CC4)CC2)nc(C)n1. The number of amides is 2. The summed E-state index contributed by atoms with van der Waals surface area (Å²) >= 11 is 6.16. The van der Waals surface area contributed by atoms with E-state index in [0.29, 0.717) is 5.56 Å². The first kappa shape index (κ1) is 27.1. The zero-order chi connectivity index (χ0) is 27.8. The van der Waals surface area contributed by atoms with Gasteiger partial charge in [-0.3, -0.25) is 9.59 Å². The molecular formula is C30H33ClFN5O2. The van der Waals surface area contributed by atoms with E-state index in [0.717, 1.165) is 73.3 Å². The molecule has 3 aromatic rings. The lowest BCUT2D eigenvalue weighted by Gasteiger charge is -2.37. The van der Waals surface area contributed by atoms with Gasteiger partial charge in [-0.25, -0.2) is 14.4 Å². The minimum Gasteiger partial charge on any atom is -0.356 e. The summed E-state index contributed by atoms with van der Waals surface area (Å²) in [7, 11) is 3.61. The number of piperidine rings is 1. The lowest BCUT2D eigenvalue weighted by Crippen LogP contribution is -2.46. The number of rotatable bonds is 5. The predicted molar refractivity (Wildman–Crippen MR) is 150 cm³/mol. The fraction of sp³-hybridized carbons (Fsp3) is 0.400. The maximum absolute atomic E-state index is 13.6. The highest BCUT2D eigenvalue weighted by molar-refractivity contribution is 6.33. The van der Waals surface area contributed by atoms with Gasteiger partial charge in [0.2, 0.25) is 0 Å². The van der Waals surface area contributed by atoms with Crippen molar-refractivity contribution in [2.24, 2.45) is 0 Å². The number of carbonyl (C=O) groups is 2. The van der Waals surface area contributed by atoms with Crippen molar-refractivity contribution in [3.63, 3.8) is 0 Å². The Morgan fingerprint density at radius 2 is 1.69 bits per heavy atom. The van der Waals surface area contributed by atoms with Crippen LogP contribution in [0.5, 0.6) is 0 Å². The number of aryl methyl sites for hydroxylation is 3. The average molecular weight is 550 g/mol. The molecule has 2 heterocycles. The highest BCUT2D eigenvalue weighted by Gasteiger charge is 2.32. The topological polar surface area (TPSA) is 69.6 Å². The molecule has 9 heteroatoms. The monoisotopic (exact) mass is 549 g/mol. The maximum Gasteiger partial charge on any atom is 0.255 e. The van der Waals surface area contributed by atoms with E-state index in [-0.39, 0.29) is 34.5 Å². The van der Waals surface area contributed by atoms with E-state index < -0.39 is 5.82 Å². The van der Waals surface area contributed by atoms with Gasteiger partial charge in [0.1, 0.15) is 17.5 Å². The number of anilines is 1. The molecule has 0 N–H and O–H groups in total. The molecule has 39 heavy (non-hydrogen) atoms. The summed E-state index contributed by atoms with van der Waals surface area (Å²) in [5.41, 5.74) is 3.95. The van der Waals surface area contributed by atoms with Gasteiger partial charge in [0, 0.05) is 50.6 Å². The third-order valence-electron chi connectivity index (χ3n) is 8.00. The molecule has 2 aliphatic rings. The molecule has 1 saturated heterocycles. The summed E-state index contributed by atoms with van der Waals surface area (Å²) in [5, 5.41) is 0.0895. The number of fused-ring (bicyclic) bond motifs is 1. The molecule has 1 aliphatic heterocycles. The van der Waals surface area contributed by atoms with Crippen molar-refractivity contribution >= 4 is 29.2 Å². The van der Waals surface area contributed by atoms with Gasteiger partial charge < -0.3 is 14.7 Å². The van der Waals surface area contributed by atoms with Gasteiger partial charge in [-0.2, -0.15) is 0 Å². The number of hydrogen-bond donors (Lipinski definition) is 0. The first-order chi connectivity index (χ1) is 18.6. The molecule has 5 rings (SSSR count). The Balaban J connectivity index is 1.28. The number of aromatic nitrogens is 2. The molecule has 0 spiro atoms. The summed E-state index contributed by atoms with van der Waals surface area (Å²) in [6.45, 7) is 5.53.